The van der Waals surface area contributed by atoms with Crippen LogP contribution in [0.15, 0.2) is 48.5 Å². The van der Waals surface area contributed by atoms with Crippen molar-refractivity contribution < 1.29 is 13.2 Å². The van der Waals surface area contributed by atoms with Crippen molar-refractivity contribution in [2.24, 2.45) is 5.41 Å². The Bertz CT molecular complexity index is 698. The van der Waals surface area contributed by atoms with Gasteiger partial charge in [0.25, 0.3) is 0 Å². The maximum atomic E-state index is 9.63. The summed E-state index contributed by atoms with van der Waals surface area (Å²) in [5, 5.41) is 0. The van der Waals surface area contributed by atoms with Gasteiger partial charge in [0.1, 0.15) is 9.84 Å². The average molecular weight is 625 g/mol. The summed E-state index contributed by atoms with van der Waals surface area (Å²) < 4.78 is 23.5. The number of thioether (sulfide) groups is 1. The molecule has 5 heteroatoms. The Balaban J connectivity index is -0.0000000396. The molecule has 3 nitrogen and oxygen atoms in total. The number of hydrogen-bond acceptors (Lipinski definition) is 4. The minimum atomic E-state index is -2.67. The van der Waals surface area contributed by atoms with E-state index in [0.29, 0.717) is 5.41 Å². The normalized spacial score (nSPS) is 8.10. The molecule has 0 bridgehead atoms. The molecule has 0 N–H and O–H groups in total. The fraction of sp³-hybridized carbons (Fsp3) is 0.667. The molecular weight excluding hydrogens is 545 g/mol. The molecule has 0 heterocycles. The summed E-state index contributed by atoms with van der Waals surface area (Å²) in [7, 11) is 0.583. The third-order valence-corrected chi connectivity index (χ3v) is 2.65. The zero-order valence-electron chi connectivity index (χ0n) is 26.6. The fourth-order valence-corrected chi connectivity index (χ4v) is 1.65. The van der Waals surface area contributed by atoms with Crippen LogP contribution in [-0.4, -0.2) is 47.7 Å². The van der Waals surface area contributed by atoms with Crippen LogP contribution in [0.1, 0.15) is 121 Å². The van der Waals surface area contributed by atoms with E-state index < -0.39 is 9.84 Å². The number of aryl methyl sites for hydroxylation is 2. The number of rotatable bonds is 2. The molecule has 2 aromatic carbocycles. The van der Waals surface area contributed by atoms with Gasteiger partial charge in [0.15, 0.2) is 0 Å². The molecule has 41 heavy (non-hydrogen) atoms. The summed E-state index contributed by atoms with van der Waals surface area (Å²) in [5.74, 6) is 0. The van der Waals surface area contributed by atoms with Crippen LogP contribution in [0, 0.1) is 19.3 Å². The molecule has 0 saturated heterocycles. The number of ether oxygens (including phenoxy) is 1. The Kier molecular flexibility index (Phi) is 75.1. The van der Waals surface area contributed by atoms with E-state index in [-0.39, 0.29) is 37.1 Å². The van der Waals surface area contributed by atoms with Crippen LogP contribution in [0.2, 0.25) is 0 Å². The van der Waals surface area contributed by atoms with E-state index in [0.717, 1.165) is 18.9 Å². The predicted molar refractivity (Wildman–Crippen MR) is 204 cm³/mol. The zero-order valence-corrected chi connectivity index (χ0v) is 28.2. The Morgan fingerprint density at radius 2 is 0.780 bits per heavy atom. The molecule has 2 rings (SSSR count). The van der Waals surface area contributed by atoms with Crippen molar-refractivity contribution in [1.29, 1.82) is 0 Å². The van der Waals surface area contributed by atoms with E-state index in [2.05, 4.69) is 109 Å². The van der Waals surface area contributed by atoms with Crippen molar-refractivity contribution in [3.63, 3.8) is 0 Å². The summed E-state index contributed by atoms with van der Waals surface area (Å²) >= 11 is 1.75. The van der Waals surface area contributed by atoms with Crippen LogP contribution in [0.5, 0.6) is 0 Å². The van der Waals surface area contributed by atoms with E-state index in [1.807, 2.05) is 26.4 Å². The van der Waals surface area contributed by atoms with Gasteiger partial charge in [0.05, 0.1) is 0 Å². The van der Waals surface area contributed by atoms with Gasteiger partial charge >= 0.3 is 0 Å². The zero-order chi connectivity index (χ0) is 29.8. The highest BCUT2D eigenvalue weighted by molar-refractivity contribution is 7.97. The van der Waals surface area contributed by atoms with Crippen molar-refractivity contribution >= 4 is 21.6 Å². The van der Waals surface area contributed by atoms with E-state index in [1.165, 1.54) is 28.7 Å². The van der Waals surface area contributed by atoms with Crippen LogP contribution in [0.25, 0.3) is 0 Å². The van der Waals surface area contributed by atoms with Gasteiger partial charge in [0.2, 0.25) is 0 Å². The Labute approximate surface area is 268 Å². The smallest absolute Gasteiger partial charge is 0.144 e. The van der Waals surface area contributed by atoms with Crippen LogP contribution in [0.4, 0.5) is 0 Å². The van der Waals surface area contributed by atoms with Crippen LogP contribution >= 0.6 is 11.8 Å². The number of sulfone groups is 1. The maximum absolute atomic E-state index is 9.63. The Morgan fingerprint density at radius 1 is 0.659 bits per heavy atom. The second-order valence-corrected chi connectivity index (χ2v) is 12.9. The van der Waals surface area contributed by atoms with E-state index in [4.69, 9.17) is 0 Å². The van der Waals surface area contributed by atoms with Gasteiger partial charge in [-0.15, -0.1) is 0 Å². The first kappa shape index (κ1) is 67.4. The molecule has 0 unspecified atom stereocenters. The largest absolute Gasteiger partial charge is 0.388 e. The lowest BCUT2D eigenvalue weighted by Gasteiger charge is -2.05. The number of benzene rings is 2. The van der Waals surface area contributed by atoms with Gasteiger partial charge in [-0.3, -0.25) is 0 Å². The van der Waals surface area contributed by atoms with E-state index in [1.54, 1.807) is 26.0 Å². The SMILES string of the molecule is C.C.C.C.C.CC.CC(C)(C)C.CCC.COC.CS(C)(=O)=O.CSC.Cc1ccc(Cc2ccc(C)cc2)cc1. The van der Waals surface area contributed by atoms with Gasteiger partial charge in [-0.05, 0) is 49.3 Å². The molecule has 0 atom stereocenters. The lowest BCUT2D eigenvalue weighted by molar-refractivity contribution is 0.277. The molecule has 0 saturated carbocycles. The number of methoxy groups -OCH3 is 1. The third-order valence-electron chi connectivity index (χ3n) is 2.65. The van der Waals surface area contributed by atoms with Crippen molar-refractivity contribution in [2.45, 2.75) is 119 Å². The lowest BCUT2D eigenvalue weighted by Crippen LogP contribution is -1.93. The van der Waals surface area contributed by atoms with E-state index >= 15 is 0 Å². The third kappa shape index (κ3) is 101. The molecule has 0 aliphatic heterocycles. The van der Waals surface area contributed by atoms with Crippen molar-refractivity contribution in [3.05, 3.63) is 70.8 Å². The van der Waals surface area contributed by atoms with Crippen molar-refractivity contribution in [3.8, 4) is 0 Å². The molecule has 0 aliphatic carbocycles. The Hall–Kier alpha value is -1.30. The summed E-state index contributed by atoms with van der Waals surface area (Å²) in [6.07, 6.45) is 8.68. The van der Waals surface area contributed by atoms with Crippen molar-refractivity contribution in [2.75, 3.05) is 39.2 Å². The quantitative estimate of drug-likeness (QED) is 0.333. The molecule has 0 aromatic heterocycles. The van der Waals surface area contributed by atoms with Gasteiger partial charge < -0.3 is 4.74 Å². The minimum absolute atomic E-state index is 0. The first-order valence-corrected chi connectivity index (χ1v) is 16.5. The van der Waals surface area contributed by atoms with Gasteiger partial charge in [-0.1, -0.05) is 159 Å². The summed E-state index contributed by atoms with van der Waals surface area (Å²) in [6, 6.07) is 17.5. The predicted octanol–water partition coefficient (Wildman–Crippen LogP) is 12.5. The number of hydrogen-bond donors (Lipinski definition) is 0. The highest BCUT2D eigenvalue weighted by Crippen LogP contribution is 2.11. The monoisotopic (exact) mass is 625 g/mol. The van der Waals surface area contributed by atoms with Crippen LogP contribution < -0.4 is 0 Å². The molecule has 0 amide bonds. The highest BCUT2D eigenvalue weighted by Gasteiger charge is 1.96. The summed E-state index contributed by atoms with van der Waals surface area (Å²) in [4.78, 5) is 0. The molecular formula is C36H80O3S2. The average Bonchev–Trinajstić information content (AvgIpc) is 2.72. The molecule has 0 aliphatic rings. The maximum Gasteiger partial charge on any atom is 0.144 e. The topological polar surface area (TPSA) is 43.4 Å². The standard InChI is InChI=1S/C15H16.C5H12.C3H8.C2H6O2S.C2H6O.C2H6S.C2H6.5CH4/c1-12-3-7-14(8-4-12)11-15-9-5-13(2)6-10-15;1-5(2,3)4;1-3-2;1-5(2,3)4;2*1-3-2;1-2;;;;;/h3-10H,11H2,1-2H3;1-4H3;3H2,1-2H3;1-2H3;2*1-2H3;1-2H3;5*1H4. The molecule has 0 radical (unpaired) electrons. The highest BCUT2D eigenvalue weighted by atomic mass is 32.2. The van der Waals surface area contributed by atoms with Crippen molar-refractivity contribution in [1.82, 2.24) is 0 Å². The van der Waals surface area contributed by atoms with Gasteiger partial charge in [0, 0.05) is 26.7 Å². The molecule has 254 valence electrons. The first-order valence-electron chi connectivity index (χ1n) is 12.5. The Morgan fingerprint density at radius 3 is 0.902 bits per heavy atom. The molecule has 2 aromatic rings. The first-order chi connectivity index (χ1) is 16.5. The summed E-state index contributed by atoms with van der Waals surface area (Å²) in [6.45, 7) is 21.2. The van der Waals surface area contributed by atoms with Gasteiger partial charge in [-0.2, -0.15) is 11.8 Å². The second-order valence-electron chi connectivity index (χ2n) is 9.81. The fourth-order valence-electron chi connectivity index (χ4n) is 1.65. The lowest BCUT2D eigenvalue weighted by atomic mass is 10.0. The van der Waals surface area contributed by atoms with E-state index in [9.17, 15) is 8.42 Å². The molecule has 0 spiro atoms. The summed E-state index contributed by atoms with van der Waals surface area (Å²) in [5.41, 5.74) is 5.90. The second kappa shape index (κ2) is 45.7. The minimum Gasteiger partial charge on any atom is -0.388 e. The van der Waals surface area contributed by atoms with Crippen LogP contribution in [0.3, 0.4) is 0 Å². The molecule has 0 fully saturated rings. The van der Waals surface area contributed by atoms with Gasteiger partial charge in [-0.25, -0.2) is 8.42 Å². The van der Waals surface area contributed by atoms with Crippen LogP contribution in [-0.2, 0) is 21.0 Å².